The maximum atomic E-state index is 13.7. The molecule has 7 heteroatoms. The van der Waals surface area contributed by atoms with Crippen molar-refractivity contribution in [2.45, 2.75) is 31.6 Å². The Morgan fingerprint density at radius 1 is 0.864 bits per heavy atom. The van der Waals surface area contributed by atoms with Crippen molar-refractivity contribution in [1.82, 2.24) is 15.8 Å². The molecule has 6 rings (SSSR count). The van der Waals surface area contributed by atoms with E-state index in [0.29, 0.717) is 12.5 Å². The number of para-hydroxylation sites is 3. The predicted octanol–water partition coefficient (Wildman–Crippen LogP) is 6.92. The highest BCUT2D eigenvalue weighted by Gasteiger charge is 2.32. The number of aromatic amines is 1. The highest BCUT2D eigenvalue weighted by Crippen LogP contribution is 2.43. The Bertz CT molecular complexity index is 1740. The Kier molecular flexibility index (Phi) is 8.85. The van der Waals surface area contributed by atoms with E-state index in [0.717, 1.165) is 59.4 Å². The van der Waals surface area contributed by atoms with Crippen LogP contribution in [0, 0.1) is 5.92 Å². The number of aryl methyl sites for hydroxylation is 1. The van der Waals surface area contributed by atoms with Gasteiger partial charge in [0.2, 0.25) is 5.91 Å². The number of fused-ring (bicyclic) bond motifs is 3. The zero-order chi connectivity index (χ0) is 30.3. The molecule has 0 aliphatic carbocycles. The molecule has 4 aromatic carbocycles. The number of aromatic nitrogens is 1. The second-order valence-electron chi connectivity index (χ2n) is 11.2. The van der Waals surface area contributed by atoms with E-state index in [1.807, 2.05) is 66.7 Å². The summed E-state index contributed by atoms with van der Waals surface area (Å²) in [6, 6.07) is 31.9. The van der Waals surface area contributed by atoms with E-state index in [1.54, 1.807) is 11.6 Å². The lowest BCUT2D eigenvalue weighted by Gasteiger charge is -2.27. The van der Waals surface area contributed by atoms with Crippen LogP contribution in [0.3, 0.4) is 0 Å². The minimum atomic E-state index is -0.568. The standard InChI is InChI=1S/C37H35N3O4/c41-35(40-43)20-18-25-13-15-26(16-14-25)23-27(17-19-28-24-39-32-10-4-1-7-29(28)32)21-22-38-37(42)36-30-8-2-5-11-33(30)44-34-12-6-3-9-31(34)36/h1-16,18,20,24,27,36,39,43H,17,19,21-23H2,(H,38,42)(H,40,41)/b20-18+. The Morgan fingerprint density at radius 3 is 2.27 bits per heavy atom. The lowest BCUT2D eigenvalue weighted by atomic mass is 9.87. The van der Waals surface area contributed by atoms with Gasteiger partial charge in [0, 0.05) is 40.8 Å². The van der Waals surface area contributed by atoms with Crippen molar-refractivity contribution >= 4 is 28.8 Å². The molecule has 0 spiro atoms. The Morgan fingerprint density at radius 2 is 1.55 bits per heavy atom. The van der Waals surface area contributed by atoms with E-state index >= 15 is 0 Å². The summed E-state index contributed by atoms with van der Waals surface area (Å²) in [5, 5.41) is 13.2. The van der Waals surface area contributed by atoms with Gasteiger partial charge in [-0.1, -0.05) is 78.9 Å². The monoisotopic (exact) mass is 585 g/mol. The molecule has 0 saturated carbocycles. The summed E-state index contributed by atoms with van der Waals surface area (Å²) in [6.45, 7) is 0.566. The molecule has 1 atom stereocenters. The number of amides is 2. The summed E-state index contributed by atoms with van der Waals surface area (Å²) in [5.74, 6) is 0.762. The van der Waals surface area contributed by atoms with Crippen molar-refractivity contribution in [1.29, 1.82) is 0 Å². The van der Waals surface area contributed by atoms with E-state index < -0.39 is 11.8 Å². The Labute approximate surface area is 256 Å². The number of carbonyl (C=O) groups excluding carboxylic acids is 2. The van der Waals surface area contributed by atoms with E-state index in [-0.39, 0.29) is 5.91 Å². The fourth-order valence-electron chi connectivity index (χ4n) is 6.05. The first-order valence-electron chi connectivity index (χ1n) is 15.0. The molecule has 2 amide bonds. The van der Waals surface area contributed by atoms with Gasteiger partial charge in [0.05, 0.1) is 5.92 Å². The van der Waals surface area contributed by atoms with Crippen molar-refractivity contribution in [2.24, 2.45) is 5.92 Å². The number of ether oxygens (including phenoxy) is 1. The highest BCUT2D eigenvalue weighted by atomic mass is 16.5. The summed E-state index contributed by atoms with van der Waals surface area (Å²) in [5.41, 5.74) is 7.87. The summed E-state index contributed by atoms with van der Waals surface area (Å²) in [4.78, 5) is 28.4. The number of rotatable bonds is 11. The summed E-state index contributed by atoms with van der Waals surface area (Å²) in [7, 11) is 0. The molecule has 1 unspecified atom stereocenters. The first kappa shape index (κ1) is 29.0. The maximum Gasteiger partial charge on any atom is 0.267 e. The van der Waals surface area contributed by atoms with Crippen molar-refractivity contribution in [2.75, 3.05) is 6.54 Å². The second kappa shape index (κ2) is 13.4. The fourth-order valence-corrected chi connectivity index (χ4v) is 6.05. The largest absolute Gasteiger partial charge is 0.457 e. The lowest BCUT2D eigenvalue weighted by Crippen LogP contribution is -2.33. The van der Waals surface area contributed by atoms with Crippen LogP contribution in [0.4, 0.5) is 0 Å². The van der Waals surface area contributed by atoms with Crippen LogP contribution in [0.25, 0.3) is 17.0 Å². The van der Waals surface area contributed by atoms with Crippen LogP contribution in [-0.2, 0) is 22.4 Å². The van der Waals surface area contributed by atoms with E-state index in [9.17, 15) is 9.59 Å². The molecule has 44 heavy (non-hydrogen) atoms. The van der Waals surface area contributed by atoms with Gasteiger partial charge in [-0.25, -0.2) is 5.48 Å². The zero-order valence-corrected chi connectivity index (χ0v) is 24.3. The number of hydroxylamine groups is 1. The Hall–Kier alpha value is -5.14. The Balaban J connectivity index is 1.15. The number of carbonyl (C=O) groups is 2. The predicted molar refractivity (Wildman–Crippen MR) is 172 cm³/mol. The van der Waals surface area contributed by atoms with Crippen molar-refractivity contribution in [3.63, 3.8) is 0 Å². The molecular formula is C37H35N3O4. The highest BCUT2D eigenvalue weighted by molar-refractivity contribution is 5.91. The van der Waals surface area contributed by atoms with Gasteiger partial charge in [-0.3, -0.25) is 14.8 Å². The number of hydrogen-bond donors (Lipinski definition) is 4. The molecule has 0 bridgehead atoms. The van der Waals surface area contributed by atoms with Crippen LogP contribution in [0.5, 0.6) is 11.5 Å². The van der Waals surface area contributed by atoms with Crippen molar-refractivity contribution < 1.29 is 19.5 Å². The first-order valence-corrected chi connectivity index (χ1v) is 15.0. The molecule has 4 N–H and O–H groups in total. The number of benzene rings is 4. The molecule has 1 aromatic heterocycles. The van der Waals surface area contributed by atoms with E-state index in [4.69, 9.17) is 9.94 Å². The third kappa shape index (κ3) is 6.58. The molecule has 2 heterocycles. The molecule has 222 valence electrons. The van der Waals surface area contributed by atoms with Crippen LogP contribution in [0.2, 0.25) is 0 Å². The minimum absolute atomic E-state index is 0.0216. The van der Waals surface area contributed by atoms with Crippen LogP contribution in [0.15, 0.2) is 109 Å². The molecule has 0 radical (unpaired) electrons. The van der Waals surface area contributed by atoms with Gasteiger partial charge in [0.1, 0.15) is 11.5 Å². The van der Waals surface area contributed by atoms with Gasteiger partial charge >= 0.3 is 0 Å². The van der Waals surface area contributed by atoms with Gasteiger partial charge in [-0.2, -0.15) is 0 Å². The average molecular weight is 586 g/mol. The molecule has 7 nitrogen and oxygen atoms in total. The molecule has 0 fully saturated rings. The summed E-state index contributed by atoms with van der Waals surface area (Å²) >= 11 is 0. The van der Waals surface area contributed by atoms with Crippen LogP contribution in [-0.4, -0.2) is 28.6 Å². The number of nitrogens with one attached hydrogen (secondary N) is 3. The summed E-state index contributed by atoms with van der Waals surface area (Å²) < 4.78 is 6.09. The van der Waals surface area contributed by atoms with Crippen molar-refractivity contribution in [3.8, 4) is 11.5 Å². The van der Waals surface area contributed by atoms with Crippen molar-refractivity contribution in [3.05, 3.63) is 137 Å². The van der Waals surface area contributed by atoms with Gasteiger partial charge in [0.15, 0.2) is 0 Å². The third-order valence-corrected chi connectivity index (χ3v) is 8.33. The van der Waals surface area contributed by atoms with E-state index in [2.05, 4.69) is 46.8 Å². The fraction of sp³-hybridized carbons (Fsp3) is 0.189. The molecule has 1 aliphatic rings. The van der Waals surface area contributed by atoms with Gasteiger partial charge in [-0.15, -0.1) is 0 Å². The number of H-pyrrole nitrogens is 1. The molecule has 1 aliphatic heterocycles. The van der Waals surface area contributed by atoms with Gasteiger partial charge < -0.3 is 15.0 Å². The van der Waals surface area contributed by atoms with Crippen LogP contribution in [0.1, 0.15) is 46.6 Å². The van der Waals surface area contributed by atoms with Crippen LogP contribution < -0.4 is 15.5 Å². The molecule has 0 saturated heterocycles. The first-order chi connectivity index (χ1) is 21.6. The van der Waals surface area contributed by atoms with Gasteiger partial charge in [0.25, 0.3) is 5.91 Å². The quantitative estimate of drug-likeness (QED) is 0.0767. The van der Waals surface area contributed by atoms with E-state index in [1.165, 1.54) is 22.6 Å². The number of hydrogen-bond acceptors (Lipinski definition) is 4. The zero-order valence-electron chi connectivity index (χ0n) is 24.3. The van der Waals surface area contributed by atoms with Gasteiger partial charge in [-0.05, 0) is 72.6 Å². The smallest absolute Gasteiger partial charge is 0.267 e. The third-order valence-electron chi connectivity index (χ3n) is 8.33. The second-order valence-corrected chi connectivity index (χ2v) is 11.2. The maximum absolute atomic E-state index is 13.7. The normalized spacial score (nSPS) is 13.2. The lowest BCUT2D eigenvalue weighted by molar-refractivity contribution is -0.124. The van der Waals surface area contributed by atoms with Crippen LogP contribution >= 0.6 is 0 Å². The minimum Gasteiger partial charge on any atom is -0.457 e. The SMILES string of the molecule is O=C(/C=C/c1ccc(CC(CCNC(=O)C2c3ccccc3Oc3ccccc32)CCc2c[nH]c3ccccc23)cc1)NO. The molecular weight excluding hydrogens is 550 g/mol. The topological polar surface area (TPSA) is 103 Å². The average Bonchev–Trinajstić information content (AvgIpc) is 3.48. The molecule has 5 aromatic rings. The summed E-state index contributed by atoms with van der Waals surface area (Å²) in [6.07, 6.45) is 8.65.